The molecule has 0 saturated heterocycles. The van der Waals surface area contributed by atoms with E-state index < -0.39 is 0 Å². The average Bonchev–Trinajstić information content (AvgIpc) is 3.29. The minimum atomic E-state index is 0.112. The monoisotopic (exact) mass is 412 g/mol. The van der Waals surface area contributed by atoms with Gasteiger partial charge in [-0.25, -0.2) is 4.98 Å². The summed E-state index contributed by atoms with van der Waals surface area (Å²) in [5.74, 6) is 2.19. The van der Waals surface area contributed by atoms with Crippen molar-refractivity contribution in [2.24, 2.45) is 0 Å². The maximum absolute atomic E-state index is 12.8. The number of nitrogens with zero attached hydrogens (tertiary/aromatic N) is 3. The number of nitrogens with one attached hydrogen (secondary N) is 1. The number of thioether (sulfide) groups is 1. The molecule has 2 aromatic heterocycles. The molecule has 1 N–H and O–H groups in total. The van der Waals surface area contributed by atoms with Gasteiger partial charge in [0.2, 0.25) is 5.16 Å². The summed E-state index contributed by atoms with van der Waals surface area (Å²) in [6.45, 7) is 7.01. The van der Waals surface area contributed by atoms with Gasteiger partial charge in [0.25, 0.3) is 0 Å². The molecule has 154 valence electrons. The molecule has 0 radical (unpaired) electrons. The Hall–Kier alpha value is -2.54. The molecule has 7 heteroatoms. The molecule has 0 amide bonds. The lowest BCUT2D eigenvalue weighted by Gasteiger charge is -2.10. The molecule has 0 bridgehead atoms. The minimum Gasteiger partial charge on any atom is -0.497 e. The van der Waals surface area contributed by atoms with Gasteiger partial charge in [0.05, 0.1) is 12.9 Å². The summed E-state index contributed by atoms with van der Waals surface area (Å²) >= 11 is 1.38. The highest BCUT2D eigenvalue weighted by atomic mass is 32.2. The first-order valence-electron chi connectivity index (χ1n) is 9.88. The molecule has 0 aliphatic heterocycles. The molecule has 0 fully saturated rings. The van der Waals surface area contributed by atoms with Crippen LogP contribution in [0.4, 0.5) is 0 Å². The number of Topliss-reactive ketones (excluding diaryl/α,β-unsaturated/α-hetero) is 1. The lowest BCUT2D eigenvalue weighted by molar-refractivity contribution is 0.102. The van der Waals surface area contributed by atoms with Gasteiger partial charge in [-0.3, -0.25) is 9.89 Å². The molecule has 1 aromatic carbocycles. The van der Waals surface area contributed by atoms with E-state index in [1.54, 1.807) is 7.11 Å². The van der Waals surface area contributed by atoms with Crippen molar-refractivity contribution in [3.63, 3.8) is 0 Å². The standard InChI is InChI=1S/C22H28N4O2S/c1-5-6-21-23-22(25-24-21)29-14-20(27)19-13-15(2)26(16(19)3)12-11-17-7-9-18(28-4)10-8-17/h7-10,13H,5-6,11-12,14H2,1-4H3,(H,23,24,25). The second-order valence-corrected chi connectivity index (χ2v) is 8.00. The van der Waals surface area contributed by atoms with Gasteiger partial charge in [-0.2, -0.15) is 0 Å². The van der Waals surface area contributed by atoms with Crippen LogP contribution in [-0.2, 0) is 19.4 Å². The minimum absolute atomic E-state index is 0.112. The number of aryl methyl sites for hydroxylation is 3. The number of aromatic amines is 1. The quantitative estimate of drug-likeness (QED) is 0.395. The Morgan fingerprint density at radius 2 is 1.97 bits per heavy atom. The van der Waals surface area contributed by atoms with Gasteiger partial charge in [-0.15, -0.1) is 5.10 Å². The fourth-order valence-corrected chi connectivity index (χ4v) is 4.06. The summed E-state index contributed by atoms with van der Waals surface area (Å²) in [6.07, 6.45) is 2.79. The van der Waals surface area contributed by atoms with Gasteiger partial charge >= 0.3 is 0 Å². The molecule has 0 aliphatic carbocycles. The maximum Gasteiger partial charge on any atom is 0.208 e. The number of hydrogen-bond donors (Lipinski definition) is 1. The molecular weight excluding hydrogens is 384 g/mol. The first-order chi connectivity index (χ1) is 14.0. The van der Waals surface area contributed by atoms with E-state index in [-0.39, 0.29) is 5.78 Å². The van der Waals surface area contributed by atoms with Gasteiger partial charge in [0.15, 0.2) is 5.78 Å². The average molecular weight is 413 g/mol. The Bertz CT molecular complexity index is 960. The number of H-pyrrole nitrogens is 1. The highest BCUT2D eigenvalue weighted by Crippen LogP contribution is 2.21. The first-order valence-corrected chi connectivity index (χ1v) is 10.9. The zero-order chi connectivity index (χ0) is 20.8. The van der Waals surface area contributed by atoms with Crippen molar-refractivity contribution < 1.29 is 9.53 Å². The summed E-state index contributed by atoms with van der Waals surface area (Å²) < 4.78 is 7.43. The van der Waals surface area contributed by atoms with Crippen LogP contribution in [0.1, 0.15) is 46.5 Å². The van der Waals surface area contributed by atoms with Crippen LogP contribution in [0.3, 0.4) is 0 Å². The number of ether oxygens (including phenoxy) is 1. The Morgan fingerprint density at radius 1 is 1.21 bits per heavy atom. The van der Waals surface area contributed by atoms with Crippen LogP contribution in [0.15, 0.2) is 35.5 Å². The largest absolute Gasteiger partial charge is 0.497 e. The van der Waals surface area contributed by atoms with E-state index in [9.17, 15) is 4.79 Å². The van der Waals surface area contributed by atoms with Crippen LogP contribution in [-0.4, -0.2) is 38.4 Å². The van der Waals surface area contributed by atoms with E-state index in [1.807, 2.05) is 25.1 Å². The van der Waals surface area contributed by atoms with E-state index in [0.717, 1.165) is 54.3 Å². The van der Waals surface area contributed by atoms with Gasteiger partial charge in [-0.05, 0) is 50.5 Å². The lowest BCUT2D eigenvalue weighted by atomic mass is 10.1. The van der Waals surface area contributed by atoms with Gasteiger partial charge in [0.1, 0.15) is 11.6 Å². The van der Waals surface area contributed by atoms with Crippen molar-refractivity contribution in [3.8, 4) is 5.75 Å². The number of methoxy groups -OCH3 is 1. The number of rotatable bonds is 10. The predicted molar refractivity (Wildman–Crippen MR) is 116 cm³/mol. The van der Waals surface area contributed by atoms with Crippen LogP contribution in [0.5, 0.6) is 5.75 Å². The molecular formula is C22H28N4O2S. The van der Waals surface area contributed by atoms with Crippen molar-refractivity contribution in [1.82, 2.24) is 19.7 Å². The summed E-state index contributed by atoms with van der Waals surface area (Å²) in [4.78, 5) is 17.2. The molecule has 3 rings (SSSR count). The second kappa shape index (κ2) is 9.78. The number of ketones is 1. The molecule has 29 heavy (non-hydrogen) atoms. The van der Waals surface area contributed by atoms with Crippen molar-refractivity contribution in [2.45, 2.75) is 51.7 Å². The molecule has 0 unspecified atom stereocenters. The Morgan fingerprint density at radius 3 is 2.66 bits per heavy atom. The molecule has 3 aromatic rings. The molecule has 0 spiro atoms. The summed E-state index contributed by atoms with van der Waals surface area (Å²) in [5.41, 5.74) is 4.15. The van der Waals surface area contributed by atoms with E-state index >= 15 is 0 Å². The van der Waals surface area contributed by atoms with Crippen LogP contribution in [0, 0.1) is 13.8 Å². The molecule has 0 saturated carbocycles. The highest BCUT2D eigenvalue weighted by Gasteiger charge is 2.17. The Labute approximate surface area is 176 Å². The van der Waals surface area contributed by atoms with Crippen molar-refractivity contribution in [1.29, 1.82) is 0 Å². The van der Waals surface area contributed by atoms with Crippen LogP contribution in [0.25, 0.3) is 0 Å². The van der Waals surface area contributed by atoms with E-state index in [1.165, 1.54) is 17.3 Å². The fourth-order valence-electron chi connectivity index (χ4n) is 3.36. The van der Waals surface area contributed by atoms with Gasteiger partial charge in [0, 0.05) is 29.9 Å². The maximum atomic E-state index is 12.8. The normalized spacial score (nSPS) is 11.0. The Balaban J connectivity index is 1.61. The van der Waals surface area contributed by atoms with Gasteiger partial charge in [-0.1, -0.05) is 30.8 Å². The molecule has 2 heterocycles. The lowest BCUT2D eigenvalue weighted by Crippen LogP contribution is -2.08. The smallest absolute Gasteiger partial charge is 0.208 e. The first kappa shape index (κ1) is 21.2. The molecule has 0 aliphatic rings. The number of benzene rings is 1. The van der Waals surface area contributed by atoms with Crippen LogP contribution < -0.4 is 4.74 Å². The summed E-state index contributed by atoms with van der Waals surface area (Å²) in [5, 5.41) is 7.74. The number of carbonyl (C=O) groups is 1. The number of carbonyl (C=O) groups excluding carboxylic acids is 1. The molecule has 6 nitrogen and oxygen atoms in total. The predicted octanol–water partition coefficient (Wildman–Crippen LogP) is 4.40. The third kappa shape index (κ3) is 5.29. The SMILES string of the molecule is CCCc1nc(SCC(=O)c2cc(C)n(CCc3ccc(OC)cc3)c2C)n[nH]1. The topological polar surface area (TPSA) is 72.8 Å². The Kier molecular flexibility index (Phi) is 7.14. The zero-order valence-electron chi connectivity index (χ0n) is 17.5. The van der Waals surface area contributed by atoms with Crippen molar-refractivity contribution in [3.05, 3.63) is 58.7 Å². The summed E-state index contributed by atoms with van der Waals surface area (Å²) in [7, 11) is 1.67. The third-order valence-corrected chi connectivity index (χ3v) is 5.83. The van der Waals surface area contributed by atoms with Crippen LogP contribution >= 0.6 is 11.8 Å². The highest BCUT2D eigenvalue weighted by molar-refractivity contribution is 7.99. The van der Waals surface area contributed by atoms with Crippen molar-refractivity contribution in [2.75, 3.05) is 12.9 Å². The zero-order valence-corrected chi connectivity index (χ0v) is 18.3. The number of aromatic nitrogens is 4. The number of hydrogen-bond acceptors (Lipinski definition) is 5. The van der Waals surface area contributed by atoms with E-state index in [0.29, 0.717) is 10.9 Å². The molecule has 0 atom stereocenters. The van der Waals surface area contributed by atoms with E-state index in [2.05, 4.69) is 45.7 Å². The second-order valence-electron chi connectivity index (χ2n) is 7.06. The van der Waals surface area contributed by atoms with Gasteiger partial charge < -0.3 is 9.30 Å². The van der Waals surface area contributed by atoms with E-state index in [4.69, 9.17) is 4.74 Å². The third-order valence-electron chi connectivity index (χ3n) is 4.99. The van der Waals surface area contributed by atoms with Crippen molar-refractivity contribution >= 4 is 17.5 Å². The summed E-state index contributed by atoms with van der Waals surface area (Å²) in [6, 6.07) is 10.1. The fraction of sp³-hybridized carbons (Fsp3) is 0.409. The van der Waals surface area contributed by atoms with Crippen LogP contribution in [0.2, 0.25) is 0 Å².